The van der Waals surface area contributed by atoms with Crippen molar-refractivity contribution in [3.63, 3.8) is 0 Å². The molecule has 2 aliphatic heterocycles. The maximum absolute atomic E-state index is 11.9. The maximum atomic E-state index is 11.9. The lowest BCUT2D eigenvalue weighted by molar-refractivity contribution is 0.174. The first-order valence-electron chi connectivity index (χ1n) is 9.13. The van der Waals surface area contributed by atoms with Gasteiger partial charge in [0.2, 0.25) is 6.79 Å². The molecule has 8 nitrogen and oxygen atoms in total. The van der Waals surface area contributed by atoms with Crippen LogP contribution in [0, 0.1) is 13.8 Å². The van der Waals surface area contributed by atoms with Gasteiger partial charge in [-0.05, 0) is 38.5 Å². The first kappa shape index (κ1) is 17.3. The van der Waals surface area contributed by atoms with Crippen LogP contribution in [0.5, 0.6) is 11.5 Å². The van der Waals surface area contributed by atoms with E-state index in [4.69, 9.17) is 9.47 Å². The van der Waals surface area contributed by atoms with Gasteiger partial charge in [0, 0.05) is 18.0 Å². The summed E-state index contributed by atoms with van der Waals surface area (Å²) >= 11 is 0. The van der Waals surface area contributed by atoms with E-state index >= 15 is 0 Å². The van der Waals surface area contributed by atoms with Crippen LogP contribution in [-0.2, 0) is 9.84 Å². The van der Waals surface area contributed by atoms with Crippen LogP contribution in [0.1, 0.15) is 23.9 Å². The summed E-state index contributed by atoms with van der Waals surface area (Å²) in [6.45, 7) is 4.14. The van der Waals surface area contributed by atoms with Crippen LogP contribution < -0.4 is 9.47 Å². The molecule has 0 bridgehead atoms. The average molecular weight is 400 g/mol. The summed E-state index contributed by atoms with van der Waals surface area (Å²) in [5.74, 6) is 2.56. The van der Waals surface area contributed by atoms with Gasteiger partial charge in [-0.3, -0.25) is 9.25 Å². The summed E-state index contributed by atoms with van der Waals surface area (Å²) in [6, 6.07) is 5.63. The zero-order valence-corrected chi connectivity index (χ0v) is 16.4. The normalized spacial score (nSPS) is 20.0. The Hall–Kier alpha value is -2.81. The van der Waals surface area contributed by atoms with Crippen LogP contribution in [0.15, 0.2) is 30.6 Å². The van der Waals surface area contributed by atoms with Crippen molar-refractivity contribution in [3.8, 4) is 28.6 Å². The minimum Gasteiger partial charge on any atom is -0.454 e. The van der Waals surface area contributed by atoms with E-state index in [1.165, 1.54) is 0 Å². The molecule has 28 heavy (non-hydrogen) atoms. The smallest absolute Gasteiger partial charge is 0.231 e. The van der Waals surface area contributed by atoms with Crippen molar-refractivity contribution < 1.29 is 17.9 Å². The minimum atomic E-state index is -2.98. The predicted molar refractivity (Wildman–Crippen MR) is 103 cm³/mol. The van der Waals surface area contributed by atoms with Gasteiger partial charge < -0.3 is 9.47 Å². The molecule has 2 aromatic heterocycles. The molecule has 0 aliphatic carbocycles. The van der Waals surface area contributed by atoms with Gasteiger partial charge in [0.15, 0.2) is 21.3 Å². The molecule has 5 rings (SSSR count). The molecule has 1 saturated heterocycles. The first-order chi connectivity index (χ1) is 13.4. The van der Waals surface area contributed by atoms with Crippen LogP contribution in [0.25, 0.3) is 17.1 Å². The van der Waals surface area contributed by atoms with Crippen molar-refractivity contribution in [3.05, 3.63) is 42.0 Å². The molecule has 1 unspecified atom stereocenters. The van der Waals surface area contributed by atoms with E-state index in [0.29, 0.717) is 12.2 Å². The Morgan fingerprint density at radius 2 is 2.00 bits per heavy atom. The molecular weight excluding hydrogens is 380 g/mol. The Labute approximate surface area is 162 Å². The molecule has 2 aliphatic rings. The number of rotatable bonds is 3. The number of aromatic nitrogens is 4. The van der Waals surface area contributed by atoms with Crippen LogP contribution in [0.2, 0.25) is 0 Å². The third-order valence-corrected chi connectivity index (χ3v) is 7.10. The molecule has 0 amide bonds. The Bertz CT molecular complexity index is 1180. The van der Waals surface area contributed by atoms with Gasteiger partial charge in [0.05, 0.1) is 34.6 Å². The highest BCUT2D eigenvalue weighted by Crippen LogP contribution is 2.37. The summed E-state index contributed by atoms with van der Waals surface area (Å²) in [7, 11) is -2.98. The number of ether oxygens (including phenoxy) is 2. The fourth-order valence-electron chi connectivity index (χ4n) is 4.06. The average Bonchev–Trinajstić information content (AvgIpc) is 3.41. The zero-order valence-electron chi connectivity index (χ0n) is 15.6. The molecule has 4 heterocycles. The number of fused-ring (bicyclic) bond motifs is 1. The lowest BCUT2D eigenvalue weighted by atomic mass is 10.2. The molecule has 146 valence electrons. The van der Waals surface area contributed by atoms with Gasteiger partial charge in [0.25, 0.3) is 0 Å². The van der Waals surface area contributed by atoms with Gasteiger partial charge in [-0.1, -0.05) is 0 Å². The lowest BCUT2D eigenvalue weighted by Crippen LogP contribution is -2.14. The van der Waals surface area contributed by atoms with E-state index in [0.717, 1.165) is 34.2 Å². The summed E-state index contributed by atoms with van der Waals surface area (Å²) in [5, 5.41) is 4.67. The highest BCUT2D eigenvalue weighted by atomic mass is 32.2. The number of hydrogen-bond donors (Lipinski definition) is 0. The Balaban J connectivity index is 1.58. The summed E-state index contributed by atoms with van der Waals surface area (Å²) in [4.78, 5) is 4.53. The molecule has 0 saturated carbocycles. The van der Waals surface area contributed by atoms with Crippen molar-refractivity contribution in [2.24, 2.45) is 0 Å². The van der Waals surface area contributed by atoms with Gasteiger partial charge in [-0.15, -0.1) is 0 Å². The molecule has 1 atom stereocenters. The van der Waals surface area contributed by atoms with E-state index in [1.807, 2.05) is 47.5 Å². The fraction of sp³-hybridized carbons (Fsp3) is 0.368. The molecule has 1 aromatic carbocycles. The molecule has 0 N–H and O–H groups in total. The Morgan fingerprint density at radius 1 is 1.18 bits per heavy atom. The van der Waals surface area contributed by atoms with E-state index in [2.05, 4.69) is 10.1 Å². The number of benzene rings is 1. The van der Waals surface area contributed by atoms with Gasteiger partial charge in [-0.25, -0.2) is 13.4 Å². The number of nitrogens with zero attached hydrogens (tertiary/aromatic N) is 4. The van der Waals surface area contributed by atoms with Crippen LogP contribution >= 0.6 is 0 Å². The highest BCUT2D eigenvalue weighted by molar-refractivity contribution is 7.91. The highest BCUT2D eigenvalue weighted by Gasteiger charge is 2.32. The number of aryl methyl sites for hydroxylation is 1. The molecule has 9 heteroatoms. The molecular formula is C19H20N4O4S. The largest absolute Gasteiger partial charge is 0.454 e. The standard InChI is InChI=1S/C19H20N4O4S/c1-12-18(13(2)23(21-12)15-5-8-28(24,25)10-15)22-7-6-20-19(22)14-3-4-16-17(9-14)27-11-26-16/h3-4,6-7,9,15H,5,8,10-11H2,1-2H3. The van der Waals surface area contributed by atoms with E-state index < -0.39 is 9.84 Å². The SMILES string of the molecule is Cc1nn(C2CCS(=O)(=O)C2)c(C)c1-n1ccnc1-c1ccc2c(c1)OCO2. The van der Waals surface area contributed by atoms with Crippen molar-refractivity contribution in [2.75, 3.05) is 18.3 Å². The first-order valence-corrected chi connectivity index (χ1v) is 10.9. The third kappa shape index (κ3) is 2.69. The van der Waals surface area contributed by atoms with E-state index in [1.54, 1.807) is 6.20 Å². The van der Waals surface area contributed by atoms with Crippen molar-refractivity contribution in [2.45, 2.75) is 26.3 Å². The van der Waals surface area contributed by atoms with E-state index in [9.17, 15) is 8.42 Å². The predicted octanol–water partition coefficient (Wildman–Crippen LogP) is 2.44. The van der Waals surface area contributed by atoms with Gasteiger partial charge in [-0.2, -0.15) is 5.10 Å². The monoisotopic (exact) mass is 400 g/mol. The van der Waals surface area contributed by atoms with Crippen LogP contribution in [-0.4, -0.2) is 46.0 Å². The fourth-order valence-corrected chi connectivity index (χ4v) is 5.75. The second kappa shape index (κ2) is 6.10. The lowest BCUT2D eigenvalue weighted by Gasteiger charge is -2.13. The maximum Gasteiger partial charge on any atom is 0.231 e. The second-order valence-corrected chi connectivity index (χ2v) is 9.44. The second-order valence-electron chi connectivity index (χ2n) is 7.21. The van der Waals surface area contributed by atoms with Crippen molar-refractivity contribution >= 4 is 9.84 Å². The minimum absolute atomic E-state index is 0.116. The number of imidazole rings is 1. The van der Waals surface area contributed by atoms with Crippen molar-refractivity contribution in [1.82, 2.24) is 19.3 Å². The molecule has 0 spiro atoms. The summed E-state index contributed by atoms with van der Waals surface area (Å²) < 4.78 is 38.5. The van der Waals surface area contributed by atoms with Gasteiger partial charge >= 0.3 is 0 Å². The third-order valence-electron chi connectivity index (χ3n) is 5.35. The number of hydrogen-bond acceptors (Lipinski definition) is 6. The van der Waals surface area contributed by atoms with E-state index in [-0.39, 0.29) is 24.3 Å². The summed E-state index contributed by atoms with van der Waals surface area (Å²) in [6.07, 6.45) is 4.24. The van der Waals surface area contributed by atoms with Gasteiger partial charge in [0.1, 0.15) is 5.82 Å². The Morgan fingerprint density at radius 3 is 2.79 bits per heavy atom. The zero-order chi connectivity index (χ0) is 19.5. The molecule has 0 radical (unpaired) electrons. The topological polar surface area (TPSA) is 88.2 Å². The molecule has 1 fully saturated rings. The quantitative estimate of drug-likeness (QED) is 0.671. The summed E-state index contributed by atoms with van der Waals surface area (Å²) in [5.41, 5.74) is 3.60. The molecule has 3 aromatic rings. The Kier molecular flexibility index (Phi) is 3.77. The van der Waals surface area contributed by atoms with Crippen molar-refractivity contribution in [1.29, 1.82) is 0 Å². The van der Waals surface area contributed by atoms with Crippen LogP contribution in [0.4, 0.5) is 0 Å². The van der Waals surface area contributed by atoms with Crippen LogP contribution in [0.3, 0.4) is 0 Å². The number of sulfone groups is 1.